The molecule has 1 saturated heterocycles. The Balaban J connectivity index is 2.03. The van der Waals surface area contributed by atoms with E-state index in [9.17, 15) is 26.4 Å². The summed E-state index contributed by atoms with van der Waals surface area (Å²) in [6, 6.07) is 4.14. The lowest BCUT2D eigenvalue weighted by atomic mass is 10.1. The third kappa shape index (κ3) is 4.72. The molecule has 11 heteroatoms. The van der Waals surface area contributed by atoms with Gasteiger partial charge in [-0.1, -0.05) is 12.8 Å². The molecule has 1 aromatic carbocycles. The van der Waals surface area contributed by atoms with Gasteiger partial charge in [0.05, 0.1) is 16.9 Å². The van der Waals surface area contributed by atoms with Gasteiger partial charge in [-0.15, -0.1) is 0 Å². The summed E-state index contributed by atoms with van der Waals surface area (Å²) in [6.07, 6.45) is 0.322. The topological polar surface area (TPSA) is 97.4 Å². The van der Waals surface area contributed by atoms with Crippen molar-refractivity contribution in [3.63, 3.8) is 0 Å². The van der Waals surface area contributed by atoms with Gasteiger partial charge in [0, 0.05) is 26.3 Å². The van der Waals surface area contributed by atoms with Gasteiger partial charge in [0.15, 0.2) is 0 Å². The fourth-order valence-electron chi connectivity index (χ4n) is 3.51. The molecule has 2 aromatic rings. The summed E-state index contributed by atoms with van der Waals surface area (Å²) in [4.78, 5) is 13.1. The number of aromatic nitrogens is 1. The van der Waals surface area contributed by atoms with E-state index in [1.165, 1.54) is 23.9 Å². The first-order valence-electron chi connectivity index (χ1n) is 9.44. The van der Waals surface area contributed by atoms with E-state index in [0.717, 1.165) is 43.9 Å². The second-order valence-electron chi connectivity index (χ2n) is 7.27. The number of halogens is 3. The SMILES string of the molecule is Cn1cc(S(=O)(=O)Nc2cc(C(F)(F)F)ccc2N2CCCCCC2)cc1C(N)=O. The van der Waals surface area contributed by atoms with Gasteiger partial charge in [0.25, 0.3) is 15.9 Å². The van der Waals surface area contributed by atoms with E-state index in [0.29, 0.717) is 18.8 Å². The molecule has 164 valence electrons. The van der Waals surface area contributed by atoms with E-state index in [1.807, 2.05) is 4.90 Å². The van der Waals surface area contributed by atoms with Crippen molar-refractivity contribution in [1.82, 2.24) is 4.57 Å². The fraction of sp³-hybridized carbons (Fsp3) is 0.421. The first-order chi connectivity index (χ1) is 14.0. The third-order valence-electron chi connectivity index (χ3n) is 5.06. The Labute approximate surface area is 172 Å². The van der Waals surface area contributed by atoms with Gasteiger partial charge in [-0.25, -0.2) is 8.42 Å². The number of carbonyl (C=O) groups excluding carboxylic acids is 1. The maximum absolute atomic E-state index is 13.3. The second kappa shape index (κ2) is 8.21. The quantitative estimate of drug-likeness (QED) is 0.739. The molecule has 2 heterocycles. The highest BCUT2D eigenvalue weighted by Crippen LogP contribution is 2.37. The van der Waals surface area contributed by atoms with E-state index < -0.39 is 27.7 Å². The zero-order valence-corrected chi connectivity index (χ0v) is 17.2. The van der Waals surface area contributed by atoms with Crippen molar-refractivity contribution in [3.05, 3.63) is 41.7 Å². The number of nitrogens with one attached hydrogen (secondary N) is 1. The van der Waals surface area contributed by atoms with E-state index >= 15 is 0 Å². The molecule has 0 bridgehead atoms. The lowest BCUT2D eigenvalue weighted by Crippen LogP contribution is -2.26. The maximum atomic E-state index is 13.3. The number of alkyl halides is 3. The maximum Gasteiger partial charge on any atom is 0.416 e. The van der Waals surface area contributed by atoms with Crippen LogP contribution in [-0.4, -0.2) is 32.0 Å². The van der Waals surface area contributed by atoms with Crippen LogP contribution in [0.5, 0.6) is 0 Å². The molecule has 0 atom stereocenters. The highest BCUT2D eigenvalue weighted by atomic mass is 32.2. The molecule has 1 aliphatic rings. The molecule has 3 rings (SSSR count). The Kier molecular flexibility index (Phi) is 6.02. The van der Waals surface area contributed by atoms with E-state index in [1.54, 1.807) is 0 Å². The minimum absolute atomic E-state index is 0.0350. The first-order valence-corrected chi connectivity index (χ1v) is 10.9. The van der Waals surface area contributed by atoms with Crippen molar-refractivity contribution in [1.29, 1.82) is 0 Å². The lowest BCUT2D eigenvalue weighted by molar-refractivity contribution is -0.137. The van der Waals surface area contributed by atoms with Gasteiger partial charge < -0.3 is 15.2 Å². The van der Waals surface area contributed by atoms with Crippen LogP contribution in [0.1, 0.15) is 41.7 Å². The summed E-state index contributed by atoms with van der Waals surface area (Å²) in [5.41, 5.74) is 4.46. The van der Waals surface area contributed by atoms with Gasteiger partial charge in [-0.05, 0) is 37.1 Å². The largest absolute Gasteiger partial charge is 0.416 e. The number of rotatable bonds is 5. The van der Waals surface area contributed by atoms with Crippen LogP contribution in [0.15, 0.2) is 35.4 Å². The van der Waals surface area contributed by atoms with Gasteiger partial charge in [0.1, 0.15) is 10.6 Å². The molecule has 1 fully saturated rings. The van der Waals surface area contributed by atoms with Crippen molar-refractivity contribution in [2.45, 2.75) is 36.8 Å². The number of sulfonamides is 1. The Bertz CT molecular complexity index is 1040. The molecule has 1 aliphatic heterocycles. The number of hydrogen-bond acceptors (Lipinski definition) is 4. The normalized spacial score (nSPS) is 15.7. The molecular formula is C19H23F3N4O3S. The Hall–Kier alpha value is -2.69. The van der Waals surface area contributed by atoms with E-state index in [4.69, 9.17) is 5.73 Å². The summed E-state index contributed by atoms with van der Waals surface area (Å²) >= 11 is 0. The Morgan fingerprint density at radius 1 is 1.10 bits per heavy atom. The van der Waals surface area contributed by atoms with Crippen molar-refractivity contribution >= 4 is 27.3 Å². The molecule has 0 saturated carbocycles. The van der Waals surface area contributed by atoms with Crippen molar-refractivity contribution in [2.75, 3.05) is 22.7 Å². The number of amides is 1. The van der Waals surface area contributed by atoms with Crippen LogP contribution in [0.4, 0.5) is 24.5 Å². The van der Waals surface area contributed by atoms with Crippen LogP contribution in [-0.2, 0) is 23.2 Å². The molecule has 1 amide bonds. The molecule has 0 radical (unpaired) electrons. The number of anilines is 2. The summed E-state index contributed by atoms with van der Waals surface area (Å²) in [5, 5.41) is 0. The zero-order chi connectivity index (χ0) is 22.1. The number of benzene rings is 1. The average molecular weight is 444 g/mol. The molecule has 1 aromatic heterocycles. The molecule has 0 unspecified atom stereocenters. The van der Waals surface area contributed by atoms with Crippen molar-refractivity contribution < 1.29 is 26.4 Å². The number of hydrogen-bond donors (Lipinski definition) is 2. The number of nitrogens with two attached hydrogens (primary N) is 1. The van der Waals surface area contributed by atoms with Gasteiger partial charge >= 0.3 is 6.18 Å². The van der Waals surface area contributed by atoms with Crippen LogP contribution in [0.3, 0.4) is 0 Å². The summed E-state index contributed by atoms with van der Waals surface area (Å²) < 4.78 is 69.1. The Morgan fingerprint density at radius 2 is 1.73 bits per heavy atom. The minimum atomic E-state index is -4.62. The second-order valence-corrected chi connectivity index (χ2v) is 8.96. The summed E-state index contributed by atoms with van der Waals surface area (Å²) in [5.74, 6) is -0.816. The number of nitrogens with zero attached hydrogens (tertiary/aromatic N) is 2. The van der Waals surface area contributed by atoms with Gasteiger partial charge in [-0.3, -0.25) is 9.52 Å². The standard InChI is InChI=1S/C19H23F3N4O3S/c1-25-12-14(11-17(25)18(23)27)30(28,29)24-15-10-13(19(20,21)22)6-7-16(15)26-8-4-2-3-5-9-26/h6-7,10-12,24H,2-5,8-9H2,1H3,(H2,23,27). The van der Waals surface area contributed by atoms with Crippen LogP contribution in [0.25, 0.3) is 0 Å². The van der Waals surface area contributed by atoms with Gasteiger partial charge in [0.2, 0.25) is 0 Å². The molecule has 7 nitrogen and oxygen atoms in total. The van der Waals surface area contributed by atoms with E-state index in [-0.39, 0.29) is 16.3 Å². The smallest absolute Gasteiger partial charge is 0.370 e. The van der Waals surface area contributed by atoms with Crippen LogP contribution >= 0.6 is 0 Å². The molecule has 0 aliphatic carbocycles. The molecular weight excluding hydrogens is 421 g/mol. The van der Waals surface area contributed by atoms with Crippen LogP contribution in [0, 0.1) is 0 Å². The predicted octanol–water partition coefficient (Wildman–Crippen LogP) is 3.32. The van der Waals surface area contributed by atoms with Gasteiger partial charge in [-0.2, -0.15) is 13.2 Å². The molecule has 0 spiro atoms. The minimum Gasteiger partial charge on any atom is -0.370 e. The molecule has 3 N–H and O–H groups in total. The van der Waals surface area contributed by atoms with Crippen molar-refractivity contribution in [3.8, 4) is 0 Å². The predicted molar refractivity (Wildman–Crippen MR) is 107 cm³/mol. The summed E-state index contributed by atoms with van der Waals surface area (Å²) in [6.45, 7) is 1.24. The fourth-order valence-corrected chi connectivity index (χ4v) is 4.65. The number of aryl methyl sites for hydroxylation is 1. The third-order valence-corrected chi connectivity index (χ3v) is 6.39. The van der Waals surface area contributed by atoms with Crippen LogP contribution < -0.4 is 15.4 Å². The first kappa shape index (κ1) is 22.0. The zero-order valence-electron chi connectivity index (χ0n) is 16.4. The number of carbonyl (C=O) groups is 1. The summed E-state index contributed by atoms with van der Waals surface area (Å²) in [7, 11) is -2.80. The average Bonchev–Trinajstić information content (AvgIpc) is 2.86. The molecule has 30 heavy (non-hydrogen) atoms. The highest BCUT2D eigenvalue weighted by Gasteiger charge is 2.32. The lowest BCUT2D eigenvalue weighted by Gasteiger charge is -2.26. The number of primary amides is 1. The van der Waals surface area contributed by atoms with E-state index in [2.05, 4.69) is 4.72 Å². The monoisotopic (exact) mass is 444 g/mol. The highest BCUT2D eigenvalue weighted by molar-refractivity contribution is 7.92. The Morgan fingerprint density at radius 3 is 2.27 bits per heavy atom. The van der Waals surface area contributed by atoms with Crippen LogP contribution in [0.2, 0.25) is 0 Å². The van der Waals surface area contributed by atoms with Crippen molar-refractivity contribution in [2.24, 2.45) is 12.8 Å².